The van der Waals surface area contributed by atoms with Crippen LogP contribution in [0.3, 0.4) is 0 Å². The van der Waals surface area contributed by atoms with E-state index in [2.05, 4.69) is 0 Å². The Bertz CT molecular complexity index is 346. The highest BCUT2D eigenvalue weighted by molar-refractivity contribution is 5.85. The summed E-state index contributed by atoms with van der Waals surface area (Å²) in [5.41, 5.74) is 4.99. The Morgan fingerprint density at radius 1 is 1.33 bits per heavy atom. The van der Waals surface area contributed by atoms with Crippen LogP contribution in [0.1, 0.15) is 17.2 Å². The quantitative estimate of drug-likeness (QED) is 0.836. The van der Waals surface area contributed by atoms with Crippen LogP contribution in [0.5, 0.6) is 5.75 Å². The Morgan fingerprint density at radius 3 is 2.33 bits per heavy atom. The first-order chi connectivity index (χ1) is 6.45. The third-order valence-corrected chi connectivity index (χ3v) is 1.97. The lowest BCUT2D eigenvalue weighted by Crippen LogP contribution is -2.19. The summed E-state index contributed by atoms with van der Waals surface area (Å²) in [6.45, 7) is 1.42. The topological polar surface area (TPSA) is 46.2 Å². The van der Waals surface area contributed by atoms with Crippen molar-refractivity contribution in [3.05, 3.63) is 29.1 Å². The van der Waals surface area contributed by atoms with Gasteiger partial charge in [0.15, 0.2) is 11.6 Å². The van der Waals surface area contributed by atoms with E-state index in [1.807, 2.05) is 0 Å². The van der Waals surface area contributed by atoms with Gasteiger partial charge in [-0.05, 0) is 12.5 Å². The smallest absolute Gasteiger partial charge is 0.257 e. The second kappa shape index (κ2) is 5.23. The lowest BCUT2D eigenvalue weighted by molar-refractivity contribution is 0.115. The standard InChI is InChI=1S/C9H10F3NO.ClH/c1-4-2-3-5(7(13)9(11)12)8(14)6(4)10;/h2-3,7,9,14H,13H2,1H3;1H/t7-;/m1./s1. The number of rotatable bonds is 2. The van der Waals surface area contributed by atoms with Crippen LogP contribution in [0.4, 0.5) is 13.2 Å². The lowest BCUT2D eigenvalue weighted by Gasteiger charge is -2.13. The highest BCUT2D eigenvalue weighted by atomic mass is 35.5. The summed E-state index contributed by atoms with van der Waals surface area (Å²) >= 11 is 0. The highest BCUT2D eigenvalue weighted by Gasteiger charge is 2.22. The summed E-state index contributed by atoms with van der Waals surface area (Å²) in [6.07, 6.45) is -2.83. The van der Waals surface area contributed by atoms with E-state index >= 15 is 0 Å². The van der Waals surface area contributed by atoms with Crippen LogP contribution in [0.25, 0.3) is 0 Å². The maximum absolute atomic E-state index is 13.1. The van der Waals surface area contributed by atoms with Crippen LogP contribution in [0, 0.1) is 12.7 Å². The van der Waals surface area contributed by atoms with Crippen LogP contribution in [0.2, 0.25) is 0 Å². The Hall–Kier alpha value is -0.940. The molecule has 6 heteroatoms. The molecule has 0 saturated carbocycles. The number of hydrogen-bond acceptors (Lipinski definition) is 2. The number of aryl methyl sites for hydroxylation is 1. The molecule has 1 atom stereocenters. The van der Waals surface area contributed by atoms with Gasteiger partial charge >= 0.3 is 0 Å². The zero-order chi connectivity index (χ0) is 10.9. The molecule has 0 saturated heterocycles. The number of halogens is 4. The van der Waals surface area contributed by atoms with Crippen molar-refractivity contribution in [3.63, 3.8) is 0 Å². The SMILES string of the molecule is Cc1ccc([C@@H](N)C(F)F)c(O)c1F.Cl. The van der Waals surface area contributed by atoms with Gasteiger partial charge in [-0.2, -0.15) is 0 Å². The Balaban J connectivity index is 0.00000196. The first-order valence-electron chi connectivity index (χ1n) is 3.97. The number of hydrogen-bond donors (Lipinski definition) is 2. The molecule has 2 nitrogen and oxygen atoms in total. The molecule has 3 N–H and O–H groups in total. The summed E-state index contributed by atoms with van der Waals surface area (Å²) in [6, 6.07) is 0.835. The molecule has 86 valence electrons. The fourth-order valence-corrected chi connectivity index (χ4v) is 1.09. The van der Waals surface area contributed by atoms with Crippen LogP contribution in [0.15, 0.2) is 12.1 Å². The van der Waals surface area contributed by atoms with E-state index in [9.17, 15) is 18.3 Å². The number of phenolic OH excluding ortho intramolecular Hbond substituents is 1. The predicted molar refractivity (Wildman–Crippen MR) is 53.0 cm³/mol. The summed E-state index contributed by atoms with van der Waals surface area (Å²) in [7, 11) is 0. The number of phenols is 1. The van der Waals surface area contributed by atoms with E-state index in [1.165, 1.54) is 19.1 Å². The van der Waals surface area contributed by atoms with Gasteiger partial charge in [0, 0.05) is 5.56 Å². The normalized spacial score (nSPS) is 12.4. The Labute approximate surface area is 91.3 Å². The first kappa shape index (κ1) is 14.1. The summed E-state index contributed by atoms with van der Waals surface area (Å²) in [5, 5.41) is 9.21. The fraction of sp³-hybridized carbons (Fsp3) is 0.333. The second-order valence-corrected chi connectivity index (χ2v) is 2.99. The van der Waals surface area contributed by atoms with E-state index < -0.39 is 24.0 Å². The molecule has 0 aromatic heterocycles. The van der Waals surface area contributed by atoms with Crippen molar-refractivity contribution in [1.82, 2.24) is 0 Å². The van der Waals surface area contributed by atoms with Gasteiger partial charge in [0.05, 0.1) is 6.04 Å². The lowest BCUT2D eigenvalue weighted by atomic mass is 10.0. The van der Waals surface area contributed by atoms with Crippen molar-refractivity contribution in [1.29, 1.82) is 0 Å². The number of aromatic hydroxyl groups is 1. The van der Waals surface area contributed by atoms with E-state index in [4.69, 9.17) is 5.73 Å². The van der Waals surface area contributed by atoms with E-state index in [1.54, 1.807) is 0 Å². The molecule has 0 unspecified atom stereocenters. The van der Waals surface area contributed by atoms with Crippen molar-refractivity contribution in [2.75, 3.05) is 0 Å². The monoisotopic (exact) mass is 241 g/mol. The predicted octanol–water partition coefficient (Wildman–Crippen LogP) is 2.53. The average Bonchev–Trinajstić information content (AvgIpc) is 2.13. The number of alkyl halides is 2. The Morgan fingerprint density at radius 2 is 1.87 bits per heavy atom. The second-order valence-electron chi connectivity index (χ2n) is 2.99. The van der Waals surface area contributed by atoms with Gasteiger partial charge in [-0.25, -0.2) is 13.2 Å². The zero-order valence-electron chi connectivity index (χ0n) is 7.88. The van der Waals surface area contributed by atoms with Crippen LogP contribution < -0.4 is 5.73 Å². The minimum Gasteiger partial charge on any atom is -0.505 e. The molecule has 0 spiro atoms. The largest absolute Gasteiger partial charge is 0.505 e. The maximum Gasteiger partial charge on any atom is 0.257 e. The summed E-state index contributed by atoms with van der Waals surface area (Å²) in [4.78, 5) is 0. The van der Waals surface area contributed by atoms with Gasteiger partial charge < -0.3 is 10.8 Å². The molecule has 1 aromatic carbocycles. The van der Waals surface area contributed by atoms with E-state index in [0.29, 0.717) is 0 Å². The van der Waals surface area contributed by atoms with Crippen LogP contribution >= 0.6 is 12.4 Å². The van der Waals surface area contributed by atoms with Crippen molar-refractivity contribution in [3.8, 4) is 5.75 Å². The molecule has 0 amide bonds. The molecule has 1 rings (SSSR count). The van der Waals surface area contributed by atoms with E-state index in [-0.39, 0.29) is 23.5 Å². The van der Waals surface area contributed by atoms with Crippen LogP contribution in [-0.4, -0.2) is 11.5 Å². The highest BCUT2D eigenvalue weighted by Crippen LogP contribution is 2.30. The fourth-order valence-electron chi connectivity index (χ4n) is 1.09. The van der Waals surface area contributed by atoms with Crippen LogP contribution in [-0.2, 0) is 0 Å². The van der Waals surface area contributed by atoms with Crippen molar-refractivity contribution in [2.24, 2.45) is 5.73 Å². The van der Waals surface area contributed by atoms with Gasteiger partial charge in [-0.15, -0.1) is 12.4 Å². The molecule has 0 fully saturated rings. The zero-order valence-corrected chi connectivity index (χ0v) is 8.69. The minimum atomic E-state index is -2.83. The molecule has 0 aliphatic carbocycles. The van der Waals surface area contributed by atoms with Gasteiger partial charge in [0.1, 0.15) is 0 Å². The first-order valence-corrected chi connectivity index (χ1v) is 3.97. The molecule has 1 aromatic rings. The van der Waals surface area contributed by atoms with Crippen molar-refractivity contribution < 1.29 is 18.3 Å². The van der Waals surface area contributed by atoms with Gasteiger partial charge in [-0.1, -0.05) is 12.1 Å². The third kappa shape index (κ3) is 2.76. The van der Waals surface area contributed by atoms with Gasteiger partial charge in [0.25, 0.3) is 6.43 Å². The Kier molecular flexibility index (Phi) is 4.90. The number of nitrogens with two attached hydrogens (primary N) is 1. The van der Waals surface area contributed by atoms with Gasteiger partial charge in [-0.3, -0.25) is 0 Å². The van der Waals surface area contributed by atoms with Crippen molar-refractivity contribution >= 4 is 12.4 Å². The molecule has 15 heavy (non-hydrogen) atoms. The van der Waals surface area contributed by atoms with Crippen molar-refractivity contribution in [2.45, 2.75) is 19.4 Å². The molecule has 0 bridgehead atoms. The molecular formula is C9H11ClF3NO. The molecule has 0 radical (unpaired) electrons. The third-order valence-electron chi connectivity index (χ3n) is 1.97. The summed E-state index contributed by atoms with van der Waals surface area (Å²) < 4.78 is 37.4. The minimum absolute atomic E-state index is 0. The summed E-state index contributed by atoms with van der Waals surface area (Å²) in [5.74, 6) is -1.70. The van der Waals surface area contributed by atoms with E-state index in [0.717, 1.165) is 0 Å². The molecule has 0 aliphatic heterocycles. The molecule has 0 heterocycles. The number of benzene rings is 1. The maximum atomic E-state index is 13.1. The molecular weight excluding hydrogens is 231 g/mol. The molecule has 0 aliphatic rings. The van der Waals surface area contributed by atoms with Gasteiger partial charge in [0.2, 0.25) is 0 Å². The average molecular weight is 242 g/mol.